The van der Waals surface area contributed by atoms with Crippen molar-refractivity contribution in [3.05, 3.63) is 18.0 Å². The lowest BCUT2D eigenvalue weighted by molar-refractivity contribution is 0.187. The Labute approximate surface area is 83.7 Å². The van der Waals surface area contributed by atoms with E-state index in [1.165, 1.54) is 0 Å². The van der Waals surface area contributed by atoms with Gasteiger partial charge in [0.2, 0.25) is 5.95 Å². The van der Waals surface area contributed by atoms with Crippen molar-refractivity contribution in [2.75, 3.05) is 25.6 Å². The Morgan fingerprint density at radius 2 is 2.14 bits per heavy atom. The maximum atomic E-state index is 5.54. The zero-order valence-corrected chi connectivity index (χ0v) is 8.53. The lowest BCUT2D eigenvalue weighted by Gasteiger charge is -2.15. The van der Waals surface area contributed by atoms with Gasteiger partial charge in [-0.05, 0) is 12.5 Å². The predicted molar refractivity (Wildman–Crippen MR) is 55.1 cm³/mol. The molecule has 0 aromatic carbocycles. The van der Waals surface area contributed by atoms with E-state index >= 15 is 0 Å². The number of anilines is 1. The van der Waals surface area contributed by atoms with Crippen LogP contribution in [0, 0.1) is 6.92 Å². The lowest BCUT2D eigenvalue weighted by Crippen LogP contribution is -2.33. The molecule has 0 bridgehead atoms. The first-order valence-corrected chi connectivity index (χ1v) is 4.50. The van der Waals surface area contributed by atoms with Crippen LogP contribution in [0.25, 0.3) is 0 Å². The minimum atomic E-state index is 0.0581. The van der Waals surface area contributed by atoms with Gasteiger partial charge in [0.25, 0.3) is 0 Å². The van der Waals surface area contributed by atoms with E-state index in [1.54, 1.807) is 19.5 Å². The summed E-state index contributed by atoms with van der Waals surface area (Å²) in [5.41, 5.74) is 6.57. The SMILES string of the molecule is COCC(CN)Nc1ncc(C)cn1. The second-order valence-electron chi connectivity index (χ2n) is 3.12. The van der Waals surface area contributed by atoms with Crippen molar-refractivity contribution in [3.8, 4) is 0 Å². The van der Waals surface area contributed by atoms with Crippen molar-refractivity contribution in [2.45, 2.75) is 13.0 Å². The summed E-state index contributed by atoms with van der Waals surface area (Å²) in [6.45, 7) is 2.98. The number of nitrogens with zero attached hydrogens (tertiary/aromatic N) is 2. The number of aryl methyl sites for hydroxylation is 1. The Hall–Kier alpha value is -1.20. The van der Waals surface area contributed by atoms with Gasteiger partial charge >= 0.3 is 0 Å². The van der Waals surface area contributed by atoms with Gasteiger partial charge in [-0.15, -0.1) is 0 Å². The number of nitrogens with two attached hydrogens (primary N) is 1. The van der Waals surface area contributed by atoms with Gasteiger partial charge in [-0.1, -0.05) is 0 Å². The van der Waals surface area contributed by atoms with Crippen molar-refractivity contribution in [1.29, 1.82) is 0 Å². The molecule has 0 spiro atoms. The largest absolute Gasteiger partial charge is 0.383 e. The molecule has 1 heterocycles. The first-order valence-electron chi connectivity index (χ1n) is 4.50. The fourth-order valence-corrected chi connectivity index (χ4v) is 1.02. The van der Waals surface area contributed by atoms with Crippen LogP contribution in [0.1, 0.15) is 5.56 Å². The standard InChI is InChI=1S/C9H16N4O/c1-7-4-11-9(12-5-7)13-8(3-10)6-14-2/h4-5,8H,3,6,10H2,1-2H3,(H,11,12,13). The molecule has 5 nitrogen and oxygen atoms in total. The highest BCUT2D eigenvalue weighted by molar-refractivity contribution is 5.26. The highest BCUT2D eigenvalue weighted by Gasteiger charge is 2.06. The van der Waals surface area contributed by atoms with Crippen molar-refractivity contribution >= 4 is 5.95 Å². The molecule has 0 saturated carbocycles. The summed E-state index contributed by atoms with van der Waals surface area (Å²) in [6, 6.07) is 0.0581. The maximum absolute atomic E-state index is 5.54. The average molecular weight is 196 g/mol. The van der Waals surface area contributed by atoms with E-state index < -0.39 is 0 Å². The predicted octanol–water partition coefficient (Wildman–Crippen LogP) is 0.171. The van der Waals surface area contributed by atoms with Gasteiger partial charge in [0.05, 0.1) is 12.6 Å². The highest BCUT2D eigenvalue weighted by atomic mass is 16.5. The van der Waals surface area contributed by atoms with Crippen LogP contribution in [0.5, 0.6) is 0 Å². The summed E-state index contributed by atoms with van der Waals surface area (Å²) in [6.07, 6.45) is 3.52. The summed E-state index contributed by atoms with van der Waals surface area (Å²) in [7, 11) is 1.64. The van der Waals surface area contributed by atoms with Crippen LogP contribution in [0.2, 0.25) is 0 Å². The quantitative estimate of drug-likeness (QED) is 0.702. The van der Waals surface area contributed by atoms with Crippen LogP contribution in [0.3, 0.4) is 0 Å². The molecule has 0 radical (unpaired) electrons. The summed E-state index contributed by atoms with van der Waals surface area (Å²) in [5, 5.41) is 3.08. The van der Waals surface area contributed by atoms with Crippen LogP contribution in [-0.2, 0) is 4.74 Å². The molecule has 0 aliphatic heterocycles. The van der Waals surface area contributed by atoms with E-state index in [4.69, 9.17) is 10.5 Å². The van der Waals surface area contributed by atoms with Crippen LogP contribution < -0.4 is 11.1 Å². The van der Waals surface area contributed by atoms with E-state index in [0.717, 1.165) is 5.56 Å². The molecule has 0 fully saturated rings. The minimum Gasteiger partial charge on any atom is -0.383 e. The second-order valence-corrected chi connectivity index (χ2v) is 3.12. The molecule has 1 aromatic heterocycles. The van der Waals surface area contributed by atoms with Gasteiger partial charge in [-0.3, -0.25) is 0 Å². The smallest absolute Gasteiger partial charge is 0.222 e. The maximum Gasteiger partial charge on any atom is 0.222 e. The molecule has 78 valence electrons. The van der Waals surface area contributed by atoms with Crippen LogP contribution >= 0.6 is 0 Å². The molecule has 0 aliphatic rings. The summed E-state index contributed by atoms with van der Waals surface area (Å²) in [4.78, 5) is 8.23. The molecule has 14 heavy (non-hydrogen) atoms. The van der Waals surface area contributed by atoms with E-state index in [0.29, 0.717) is 19.1 Å². The number of rotatable bonds is 5. The number of hydrogen-bond acceptors (Lipinski definition) is 5. The van der Waals surface area contributed by atoms with E-state index in [2.05, 4.69) is 15.3 Å². The monoisotopic (exact) mass is 196 g/mol. The molecular weight excluding hydrogens is 180 g/mol. The minimum absolute atomic E-state index is 0.0581. The van der Waals surface area contributed by atoms with Gasteiger partial charge in [-0.25, -0.2) is 9.97 Å². The Kier molecular flexibility index (Phi) is 4.28. The fraction of sp³-hybridized carbons (Fsp3) is 0.556. The Morgan fingerprint density at radius 3 is 2.64 bits per heavy atom. The van der Waals surface area contributed by atoms with E-state index in [1.807, 2.05) is 6.92 Å². The van der Waals surface area contributed by atoms with Crippen molar-refractivity contribution in [1.82, 2.24) is 9.97 Å². The zero-order valence-electron chi connectivity index (χ0n) is 8.53. The zero-order chi connectivity index (χ0) is 10.4. The van der Waals surface area contributed by atoms with Crippen molar-refractivity contribution < 1.29 is 4.74 Å². The van der Waals surface area contributed by atoms with Crippen LogP contribution in [0.15, 0.2) is 12.4 Å². The van der Waals surface area contributed by atoms with Crippen LogP contribution in [0.4, 0.5) is 5.95 Å². The summed E-state index contributed by atoms with van der Waals surface area (Å²) >= 11 is 0. The van der Waals surface area contributed by atoms with E-state index in [-0.39, 0.29) is 6.04 Å². The second kappa shape index (κ2) is 5.51. The van der Waals surface area contributed by atoms with Gasteiger partial charge in [-0.2, -0.15) is 0 Å². The summed E-state index contributed by atoms with van der Waals surface area (Å²) in [5.74, 6) is 0.586. The molecule has 3 N–H and O–H groups in total. The van der Waals surface area contributed by atoms with Gasteiger partial charge in [0.1, 0.15) is 0 Å². The average Bonchev–Trinajstić information content (AvgIpc) is 2.20. The topological polar surface area (TPSA) is 73.1 Å². The van der Waals surface area contributed by atoms with Gasteiger partial charge in [0.15, 0.2) is 0 Å². The van der Waals surface area contributed by atoms with Gasteiger partial charge < -0.3 is 15.8 Å². The molecule has 0 amide bonds. The highest BCUT2D eigenvalue weighted by Crippen LogP contribution is 2.00. The first kappa shape index (κ1) is 10.9. The third-order valence-electron chi connectivity index (χ3n) is 1.77. The van der Waals surface area contributed by atoms with Gasteiger partial charge in [0, 0.05) is 26.0 Å². The molecule has 1 aromatic rings. The number of hydrogen-bond donors (Lipinski definition) is 2. The molecule has 1 rings (SSSR count). The summed E-state index contributed by atoms with van der Waals surface area (Å²) < 4.78 is 4.99. The molecule has 0 aliphatic carbocycles. The number of ether oxygens (including phenoxy) is 1. The number of aromatic nitrogens is 2. The lowest BCUT2D eigenvalue weighted by atomic mass is 10.3. The third kappa shape index (κ3) is 3.27. The number of methoxy groups -OCH3 is 1. The normalized spacial score (nSPS) is 12.5. The molecular formula is C9H16N4O. The Morgan fingerprint density at radius 1 is 1.50 bits per heavy atom. The number of nitrogens with one attached hydrogen (secondary N) is 1. The van der Waals surface area contributed by atoms with E-state index in [9.17, 15) is 0 Å². The molecule has 5 heteroatoms. The van der Waals surface area contributed by atoms with Crippen molar-refractivity contribution in [2.24, 2.45) is 5.73 Å². The Bertz CT molecular complexity index is 262. The molecule has 0 saturated heterocycles. The Balaban J connectivity index is 2.53. The molecule has 1 unspecified atom stereocenters. The molecule has 1 atom stereocenters. The van der Waals surface area contributed by atoms with Crippen molar-refractivity contribution in [3.63, 3.8) is 0 Å². The third-order valence-corrected chi connectivity index (χ3v) is 1.77. The van der Waals surface area contributed by atoms with Crippen LogP contribution in [-0.4, -0.2) is 36.3 Å². The first-order chi connectivity index (χ1) is 6.76. The fourth-order valence-electron chi connectivity index (χ4n) is 1.02.